The number of rotatable bonds is 11. The second kappa shape index (κ2) is 11.6. The van der Waals surface area contributed by atoms with Crippen LogP contribution in [0, 0.1) is 0 Å². The van der Waals surface area contributed by atoms with Gasteiger partial charge in [-0.2, -0.15) is 11.8 Å². The number of nitrogens with zero attached hydrogens (tertiary/aromatic N) is 1. The van der Waals surface area contributed by atoms with Crippen molar-refractivity contribution < 1.29 is 13.2 Å². The molecule has 0 spiro atoms. The van der Waals surface area contributed by atoms with Crippen molar-refractivity contribution in [2.75, 3.05) is 29.4 Å². The minimum absolute atomic E-state index is 0.142. The van der Waals surface area contributed by atoms with Crippen molar-refractivity contribution in [3.63, 3.8) is 0 Å². The molecule has 5 nitrogen and oxygen atoms in total. The van der Waals surface area contributed by atoms with Crippen LogP contribution in [0.15, 0.2) is 48.5 Å². The van der Waals surface area contributed by atoms with E-state index in [9.17, 15) is 13.2 Å². The van der Waals surface area contributed by atoms with E-state index in [0.717, 1.165) is 40.3 Å². The summed E-state index contributed by atoms with van der Waals surface area (Å²) in [6, 6.07) is 15.1. The van der Waals surface area contributed by atoms with Crippen LogP contribution in [0.25, 0.3) is 0 Å². The van der Waals surface area contributed by atoms with Crippen LogP contribution in [0.3, 0.4) is 0 Å². The largest absolute Gasteiger partial charge is 0.354 e. The topological polar surface area (TPSA) is 66.5 Å². The number of nitrogens with one attached hydrogen (secondary N) is 1. The SMILES string of the molecule is CC(C)c1ccccc1N(CC(=O)NCCCSCc1ccccc1Cl)S(C)(=O)=O. The highest BCUT2D eigenvalue weighted by Gasteiger charge is 2.23. The van der Waals surface area contributed by atoms with Gasteiger partial charge in [0.1, 0.15) is 6.54 Å². The number of carbonyl (C=O) groups is 1. The van der Waals surface area contributed by atoms with Gasteiger partial charge in [-0.25, -0.2) is 8.42 Å². The van der Waals surface area contributed by atoms with Gasteiger partial charge >= 0.3 is 0 Å². The first-order valence-corrected chi connectivity index (χ1v) is 13.2. The van der Waals surface area contributed by atoms with Crippen LogP contribution in [0.2, 0.25) is 5.02 Å². The fraction of sp³-hybridized carbons (Fsp3) is 0.409. The Kier molecular flexibility index (Phi) is 9.52. The van der Waals surface area contributed by atoms with E-state index in [1.165, 1.54) is 4.31 Å². The molecule has 0 saturated heterocycles. The molecule has 0 unspecified atom stereocenters. The molecule has 0 atom stereocenters. The Morgan fingerprint density at radius 2 is 1.80 bits per heavy atom. The normalized spacial score (nSPS) is 11.5. The lowest BCUT2D eigenvalue weighted by molar-refractivity contribution is -0.119. The van der Waals surface area contributed by atoms with Crippen molar-refractivity contribution in [3.05, 3.63) is 64.7 Å². The average Bonchev–Trinajstić information content (AvgIpc) is 2.69. The van der Waals surface area contributed by atoms with Crippen molar-refractivity contribution in [3.8, 4) is 0 Å². The van der Waals surface area contributed by atoms with Gasteiger partial charge < -0.3 is 5.32 Å². The van der Waals surface area contributed by atoms with Gasteiger partial charge in [0.05, 0.1) is 11.9 Å². The van der Waals surface area contributed by atoms with Crippen molar-refractivity contribution in [2.45, 2.75) is 31.9 Å². The summed E-state index contributed by atoms with van der Waals surface area (Å²) in [7, 11) is -3.59. The van der Waals surface area contributed by atoms with Gasteiger partial charge in [-0.1, -0.05) is 61.8 Å². The Morgan fingerprint density at radius 1 is 1.13 bits per heavy atom. The number of hydrogen-bond donors (Lipinski definition) is 1. The molecule has 8 heteroatoms. The van der Waals surface area contributed by atoms with Gasteiger partial charge in [0.2, 0.25) is 15.9 Å². The van der Waals surface area contributed by atoms with E-state index >= 15 is 0 Å². The van der Waals surface area contributed by atoms with Gasteiger partial charge in [0.25, 0.3) is 0 Å². The van der Waals surface area contributed by atoms with Crippen LogP contribution < -0.4 is 9.62 Å². The Labute approximate surface area is 189 Å². The van der Waals surface area contributed by atoms with Gasteiger partial charge in [-0.3, -0.25) is 9.10 Å². The van der Waals surface area contributed by atoms with Crippen LogP contribution in [0.5, 0.6) is 0 Å². The molecular formula is C22H29ClN2O3S2. The summed E-state index contributed by atoms with van der Waals surface area (Å²) in [4.78, 5) is 12.4. The molecule has 1 N–H and O–H groups in total. The quantitative estimate of drug-likeness (QED) is 0.486. The second-order valence-electron chi connectivity index (χ2n) is 7.33. The molecule has 0 radical (unpaired) electrons. The molecular weight excluding hydrogens is 440 g/mol. The fourth-order valence-corrected chi connectivity index (χ4v) is 5.09. The number of halogens is 1. The van der Waals surface area contributed by atoms with Gasteiger partial charge in [-0.15, -0.1) is 0 Å². The van der Waals surface area contributed by atoms with E-state index < -0.39 is 10.0 Å². The summed E-state index contributed by atoms with van der Waals surface area (Å²) in [5.41, 5.74) is 2.55. The first-order valence-electron chi connectivity index (χ1n) is 9.84. The number of anilines is 1. The number of amides is 1. The summed E-state index contributed by atoms with van der Waals surface area (Å²) >= 11 is 7.90. The molecule has 0 aliphatic heterocycles. The number of para-hydroxylation sites is 1. The Bertz CT molecular complexity index is 949. The molecule has 0 fully saturated rings. The summed E-state index contributed by atoms with van der Waals surface area (Å²) in [6.45, 7) is 4.27. The van der Waals surface area contributed by atoms with Gasteiger partial charge in [0, 0.05) is 17.3 Å². The number of carbonyl (C=O) groups excluding carboxylic acids is 1. The molecule has 0 heterocycles. The van der Waals surface area contributed by atoms with E-state index in [1.807, 2.05) is 50.2 Å². The second-order valence-corrected chi connectivity index (χ2v) is 10.7. The van der Waals surface area contributed by atoms with Crippen molar-refractivity contribution in [1.29, 1.82) is 0 Å². The van der Waals surface area contributed by atoms with Crippen LogP contribution >= 0.6 is 23.4 Å². The standard InChI is InChI=1S/C22H29ClN2O3S2/c1-17(2)19-10-5-7-12-21(19)25(30(3,27)28)15-22(26)24-13-8-14-29-16-18-9-4-6-11-20(18)23/h4-7,9-12,17H,8,13-16H2,1-3H3,(H,24,26). The maximum Gasteiger partial charge on any atom is 0.240 e. The fourth-order valence-electron chi connectivity index (χ4n) is 2.97. The van der Waals surface area contributed by atoms with E-state index in [0.29, 0.717) is 12.2 Å². The third kappa shape index (κ3) is 7.52. The third-order valence-corrected chi connectivity index (χ3v) is 7.11. The van der Waals surface area contributed by atoms with Crippen molar-refractivity contribution >= 4 is 45.0 Å². The van der Waals surface area contributed by atoms with Crippen LogP contribution in [-0.4, -0.2) is 39.4 Å². The van der Waals surface area contributed by atoms with Gasteiger partial charge in [0.15, 0.2) is 0 Å². The first kappa shape index (κ1) is 24.6. The molecule has 0 aliphatic carbocycles. The van der Waals surface area contributed by atoms with E-state index in [1.54, 1.807) is 23.9 Å². The molecule has 0 aliphatic rings. The zero-order chi connectivity index (χ0) is 22.1. The highest BCUT2D eigenvalue weighted by atomic mass is 35.5. The van der Waals surface area contributed by atoms with E-state index in [-0.39, 0.29) is 18.4 Å². The third-order valence-electron chi connectivity index (χ3n) is 4.52. The van der Waals surface area contributed by atoms with Crippen LogP contribution in [0.1, 0.15) is 37.3 Å². The predicted molar refractivity (Wildman–Crippen MR) is 128 cm³/mol. The molecule has 30 heavy (non-hydrogen) atoms. The summed E-state index contributed by atoms with van der Waals surface area (Å²) in [5, 5.41) is 3.59. The zero-order valence-electron chi connectivity index (χ0n) is 17.6. The summed E-state index contributed by atoms with van der Waals surface area (Å²) in [6.07, 6.45) is 1.92. The summed E-state index contributed by atoms with van der Waals surface area (Å²) in [5.74, 6) is 1.53. The zero-order valence-corrected chi connectivity index (χ0v) is 20.0. The lowest BCUT2D eigenvalue weighted by Gasteiger charge is -2.25. The molecule has 0 saturated carbocycles. The number of benzene rings is 2. The van der Waals surface area contributed by atoms with E-state index in [4.69, 9.17) is 11.6 Å². The minimum atomic E-state index is -3.59. The van der Waals surface area contributed by atoms with E-state index in [2.05, 4.69) is 5.32 Å². The maximum absolute atomic E-state index is 12.4. The lowest BCUT2D eigenvalue weighted by atomic mass is 10.0. The first-order chi connectivity index (χ1) is 14.2. The monoisotopic (exact) mass is 468 g/mol. The average molecular weight is 469 g/mol. The molecule has 1 amide bonds. The number of thioether (sulfide) groups is 1. The molecule has 2 aromatic carbocycles. The van der Waals surface area contributed by atoms with Crippen LogP contribution in [0.4, 0.5) is 5.69 Å². The van der Waals surface area contributed by atoms with Crippen molar-refractivity contribution in [1.82, 2.24) is 5.32 Å². The minimum Gasteiger partial charge on any atom is -0.354 e. The number of sulfonamides is 1. The smallest absolute Gasteiger partial charge is 0.240 e. The number of hydrogen-bond acceptors (Lipinski definition) is 4. The molecule has 2 aromatic rings. The Morgan fingerprint density at radius 3 is 2.47 bits per heavy atom. The molecule has 0 bridgehead atoms. The Hall–Kier alpha value is -1.70. The van der Waals surface area contributed by atoms with Crippen molar-refractivity contribution in [2.24, 2.45) is 0 Å². The maximum atomic E-state index is 12.4. The van der Waals surface area contributed by atoms with Crippen LogP contribution in [-0.2, 0) is 20.6 Å². The van der Waals surface area contributed by atoms with Gasteiger partial charge in [-0.05, 0) is 41.4 Å². The molecule has 2 rings (SSSR count). The summed E-state index contributed by atoms with van der Waals surface area (Å²) < 4.78 is 25.9. The lowest BCUT2D eigenvalue weighted by Crippen LogP contribution is -2.41. The predicted octanol–water partition coefficient (Wildman–Crippen LogP) is 4.67. The Balaban J connectivity index is 1.85. The highest BCUT2D eigenvalue weighted by Crippen LogP contribution is 2.28. The highest BCUT2D eigenvalue weighted by molar-refractivity contribution is 7.98. The molecule has 0 aromatic heterocycles. The molecule has 164 valence electrons.